The predicted molar refractivity (Wildman–Crippen MR) is 95.4 cm³/mol. The van der Waals surface area contributed by atoms with Crippen molar-refractivity contribution in [2.45, 2.75) is 85.2 Å². The topological polar surface area (TPSA) is 46.5 Å². The van der Waals surface area contributed by atoms with Crippen molar-refractivity contribution in [3.8, 4) is 0 Å². The number of ether oxygens (including phenoxy) is 1. The van der Waals surface area contributed by atoms with Gasteiger partial charge in [0, 0.05) is 0 Å². The molecular weight excluding hydrogens is 300 g/mol. The van der Waals surface area contributed by atoms with E-state index in [2.05, 4.69) is 27.7 Å². The molecule has 3 fully saturated rings. The average Bonchev–Trinajstić information content (AvgIpc) is 2.57. The maximum atomic E-state index is 12.6. The molecule has 3 rings (SSSR count). The molecule has 7 atom stereocenters. The largest absolute Gasteiger partial charge is 0.469 e. The van der Waals surface area contributed by atoms with Crippen molar-refractivity contribution >= 4 is 5.97 Å². The zero-order valence-corrected chi connectivity index (χ0v) is 16.2. The molecule has 3 heteroatoms. The number of carbonyl (C=O) groups is 1. The van der Waals surface area contributed by atoms with Crippen LogP contribution < -0.4 is 0 Å². The van der Waals surface area contributed by atoms with E-state index in [1.54, 1.807) is 0 Å². The van der Waals surface area contributed by atoms with Gasteiger partial charge >= 0.3 is 5.97 Å². The third-order valence-electron chi connectivity index (χ3n) is 8.73. The van der Waals surface area contributed by atoms with Crippen LogP contribution in [0, 0.1) is 34.0 Å². The number of aliphatic hydroxyl groups excluding tert-OH is 1. The van der Waals surface area contributed by atoms with Gasteiger partial charge in [0.15, 0.2) is 0 Å². The Bertz CT molecular complexity index is 503. The summed E-state index contributed by atoms with van der Waals surface area (Å²) in [4.78, 5) is 12.6. The van der Waals surface area contributed by atoms with Gasteiger partial charge in [0.2, 0.25) is 0 Å². The fourth-order valence-electron chi connectivity index (χ4n) is 6.99. The number of methoxy groups -OCH3 is 1. The first kappa shape index (κ1) is 18.2. The first-order valence-electron chi connectivity index (χ1n) is 9.99. The van der Waals surface area contributed by atoms with E-state index in [1.165, 1.54) is 20.0 Å². The standard InChI is InChI=1S/C21H36O3/c1-6-19(2)13-10-15-14(17(19)22)8-9-16-20(15,3)11-7-12-21(16,4)18(23)24-5/h14-17,22H,6-13H2,1-5H3. The first-order chi connectivity index (χ1) is 11.2. The number of esters is 1. The molecule has 3 aliphatic rings. The Morgan fingerprint density at radius 1 is 1.12 bits per heavy atom. The summed E-state index contributed by atoms with van der Waals surface area (Å²) in [6.45, 7) is 9.03. The predicted octanol–water partition coefficient (Wildman–Crippen LogP) is 4.57. The molecule has 0 spiro atoms. The number of aliphatic hydroxyl groups is 1. The van der Waals surface area contributed by atoms with Crippen LogP contribution >= 0.6 is 0 Å². The normalized spacial score (nSPS) is 51.4. The van der Waals surface area contributed by atoms with E-state index in [-0.39, 0.29) is 28.3 Å². The SMILES string of the molecule is CCC1(C)CCC2C(CCC3C(C)(C(=O)OC)CCCC23C)C1O. The quantitative estimate of drug-likeness (QED) is 0.751. The molecular formula is C21H36O3. The Labute approximate surface area is 147 Å². The summed E-state index contributed by atoms with van der Waals surface area (Å²) in [7, 11) is 1.53. The van der Waals surface area contributed by atoms with Crippen LogP contribution in [-0.4, -0.2) is 24.3 Å². The van der Waals surface area contributed by atoms with Crippen LogP contribution in [0.4, 0.5) is 0 Å². The molecule has 0 saturated heterocycles. The second kappa shape index (κ2) is 6.00. The lowest BCUT2D eigenvalue weighted by atomic mass is 9.42. The molecule has 3 saturated carbocycles. The van der Waals surface area contributed by atoms with Crippen LogP contribution in [0.25, 0.3) is 0 Å². The van der Waals surface area contributed by atoms with Crippen LogP contribution in [0.15, 0.2) is 0 Å². The van der Waals surface area contributed by atoms with E-state index < -0.39 is 0 Å². The fraction of sp³-hybridized carbons (Fsp3) is 0.952. The Kier molecular flexibility index (Phi) is 4.56. The van der Waals surface area contributed by atoms with Gasteiger partial charge in [0.1, 0.15) is 0 Å². The van der Waals surface area contributed by atoms with Crippen molar-refractivity contribution in [3.05, 3.63) is 0 Å². The number of hydrogen-bond donors (Lipinski definition) is 1. The van der Waals surface area contributed by atoms with Crippen LogP contribution in [0.5, 0.6) is 0 Å². The third-order valence-corrected chi connectivity index (χ3v) is 8.73. The molecule has 0 heterocycles. The molecule has 0 aromatic carbocycles. The molecule has 1 N–H and O–H groups in total. The molecule has 0 aromatic rings. The summed E-state index contributed by atoms with van der Waals surface area (Å²) in [6.07, 6.45) is 8.55. The minimum atomic E-state index is -0.344. The van der Waals surface area contributed by atoms with Crippen molar-refractivity contribution in [3.63, 3.8) is 0 Å². The molecule has 0 aliphatic heterocycles. The molecule has 7 unspecified atom stereocenters. The van der Waals surface area contributed by atoms with Crippen LogP contribution in [0.3, 0.4) is 0 Å². The van der Waals surface area contributed by atoms with Crippen LogP contribution in [0.2, 0.25) is 0 Å². The fourth-order valence-corrected chi connectivity index (χ4v) is 6.99. The van der Waals surface area contributed by atoms with Gasteiger partial charge < -0.3 is 9.84 Å². The Balaban J connectivity index is 1.93. The number of carbonyl (C=O) groups excluding carboxylic acids is 1. The lowest BCUT2D eigenvalue weighted by molar-refractivity contribution is -0.191. The van der Waals surface area contributed by atoms with E-state index in [9.17, 15) is 9.90 Å². The van der Waals surface area contributed by atoms with Gasteiger partial charge in [0.05, 0.1) is 18.6 Å². The second-order valence-electron chi connectivity index (χ2n) is 9.66. The number of hydrogen-bond acceptors (Lipinski definition) is 3. The van der Waals surface area contributed by atoms with E-state index >= 15 is 0 Å². The van der Waals surface area contributed by atoms with E-state index in [0.29, 0.717) is 17.8 Å². The molecule has 0 radical (unpaired) electrons. The summed E-state index contributed by atoms with van der Waals surface area (Å²) >= 11 is 0. The van der Waals surface area contributed by atoms with Crippen LogP contribution in [0.1, 0.15) is 79.1 Å². The smallest absolute Gasteiger partial charge is 0.311 e. The maximum absolute atomic E-state index is 12.6. The Morgan fingerprint density at radius 2 is 1.83 bits per heavy atom. The van der Waals surface area contributed by atoms with Crippen molar-refractivity contribution < 1.29 is 14.6 Å². The van der Waals surface area contributed by atoms with Gasteiger partial charge in [-0.15, -0.1) is 0 Å². The van der Waals surface area contributed by atoms with E-state index in [1.807, 2.05) is 0 Å². The van der Waals surface area contributed by atoms with Crippen molar-refractivity contribution in [2.75, 3.05) is 7.11 Å². The highest BCUT2D eigenvalue weighted by molar-refractivity contribution is 5.77. The third kappa shape index (κ3) is 2.37. The minimum absolute atomic E-state index is 0.0216. The molecule has 3 nitrogen and oxygen atoms in total. The van der Waals surface area contributed by atoms with Gasteiger partial charge in [-0.25, -0.2) is 0 Å². The lowest BCUT2D eigenvalue weighted by Gasteiger charge is -2.63. The molecule has 0 aromatic heterocycles. The van der Waals surface area contributed by atoms with Gasteiger partial charge in [-0.05, 0) is 80.5 Å². The zero-order chi connectivity index (χ0) is 17.8. The second-order valence-corrected chi connectivity index (χ2v) is 9.66. The summed E-state index contributed by atoms with van der Waals surface area (Å²) in [5, 5.41) is 11.1. The van der Waals surface area contributed by atoms with Crippen molar-refractivity contribution in [1.82, 2.24) is 0 Å². The van der Waals surface area contributed by atoms with Crippen LogP contribution in [-0.2, 0) is 9.53 Å². The maximum Gasteiger partial charge on any atom is 0.311 e. The zero-order valence-electron chi connectivity index (χ0n) is 16.2. The number of fused-ring (bicyclic) bond motifs is 3. The highest BCUT2D eigenvalue weighted by Crippen LogP contribution is 2.65. The summed E-state index contributed by atoms with van der Waals surface area (Å²) in [5.74, 6) is 1.33. The van der Waals surface area contributed by atoms with Gasteiger partial charge in [-0.3, -0.25) is 4.79 Å². The Morgan fingerprint density at radius 3 is 2.46 bits per heavy atom. The van der Waals surface area contributed by atoms with Crippen molar-refractivity contribution in [2.24, 2.45) is 34.0 Å². The van der Waals surface area contributed by atoms with E-state index in [4.69, 9.17) is 4.74 Å². The highest BCUT2D eigenvalue weighted by atomic mass is 16.5. The Hall–Kier alpha value is -0.570. The molecule has 3 aliphatic carbocycles. The average molecular weight is 337 g/mol. The van der Waals surface area contributed by atoms with Gasteiger partial charge in [-0.1, -0.05) is 27.2 Å². The minimum Gasteiger partial charge on any atom is -0.469 e. The van der Waals surface area contributed by atoms with Gasteiger partial charge in [0.25, 0.3) is 0 Å². The van der Waals surface area contributed by atoms with E-state index in [0.717, 1.165) is 38.5 Å². The summed E-state index contributed by atoms with van der Waals surface area (Å²) < 4.78 is 5.21. The summed E-state index contributed by atoms with van der Waals surface area (Å²) in [6, 6.07) is 0. The molecule has 0 bridgehead atoms. The summed E-state index contributed by atoms with van der Waals surface area (Å²) in [5.41, 5.74) is -0.103. The molecule has 0 amide bonds. The molecule has 138 valence electrons. The highest BCUT2D eigenvalue weighted by Gasteiger charge is 2.61. The monoisotopic (exact) mass is 336 g/mol. The number of rotatable bonds is 2. The lowest BCUT2D eigenvalue weighted by Crippen LogP contribution is -2.59. The van der Waals surface area contributed by atoms with Gasteiger partial charge in [-0.2, -0.15) is 0 Å². The first-order valence-corrected chi connectivity index (χ1v) is 9.99. The molecule has 24 heavy (non-hydrogen) atoms. The van der Waals surface area contributed by atoms with Crippen molar-refractivity contribution in [1.29, 1.82) is 0 Å².